The molecule has 1 aromatic carbocycles. The molecular weight excluding hydrogens is 466 g/mol. The van der Waals surface area contributed by atoms with Gasteiger partial charge in [0, 0.05) is 38.1 Å². The summed E-state index contributed by atoms with van der Waals surface area (Å²) in [6.07, 6.45) is 16.0. The zero-order valence-corrected chi connectivity index (χ0v) is 22.7. The number of allylic oxidation sites excluding steroid dienone is 1. The molecule has 2 aliphatic carbocycles. The Kier molecular flexibility index (Phi) is 10.3. The Hall–Kier alpha value is -1.44. The first-order valence-electron chi connectivity index (χ1n) is 14.8. The van der Waals surface area contributed by atoms with E-state index in [4.69, 9.17) is 23.7 Å². The van der Waals surface area contributed by atoms with Gasteiger partial charge in [-0.25, -0.2) is 0 Å². The second-order valence-corrected chi connectivity index (χ2v) is 11.3. The number of ether oxygens (including phenoxy) is 5. The molecule has 0 radical (unpaired) electrons. The van der Waals surface area contributed by atoms with E-state index in [0.29, 0.717) is 12.5 Å². The SMILES string of the molecule is COC=CCC1C(OCc2ccc(C3CCCCC3)cc2)CC(OC2CCCCO2)C1N1CCOCC1. The summed E-state index contributed by atoms with van der Waals surface area (Å²) in [5.74, 6) is 1.07. The average Bonchev–Trinajstić information content (AvgIpc) is 3.30. The summed E-state index contributed by atoms with van der Waals surface area (Å²) in [4.78, 5) is 2.57. The lowest BCUT2D eigenvalue weighted by molar-refractivity contribution is -0.200. The summed E-state index contributed by atoms with van der Waals surface area (Å²) in [6, 6.07) is 9.52. The van der Waals surface area contributed by atoms with E-state index in [1.807, 2.05) is 0 Å². The molecule has 37 heavy (non-hydrogen) atoms. The van der Waals surface area contributed by atoms with E-state index in [2.05, 4.69) is 35.2 Å². The van der Waals surface area contributed by atoms with Gasteiger partial charge in [-0.05, 0) is 61.6 Å². The van der Waals surface area contributed by atoms with Gasteiger partial charge in [-0.1, -0.05) is 43.5 Å². The minimum absolute atomic E-state index is 0.0939. The van der Waals surface area contributed by atoms with Crippen LogP contribution >= 0.6 is 0 Å². The first kappa shape index (κ1) is 27.1. The Labute approximate surface area is 223 Å². The van der Waals surface area contributed by atoms with E-state index in [0.717, 1.165) is 64.5 Å². The first-order chi connectivity index (χ1) is 18.3. The van der Waals surface area contributed by atoms with Crippen LogP contribution in [0.2, 0.25) is 0 Å². The van der Waals surface area contributed by atoms with Crippen molar-refractivity contribution in [2.24, 2.45) is 5.92 Å². The average molecular weight is 514 g/mol. The normalized spacial score (nSPS) is 32.2. The minimum Gasteiger partial charge on any atom is -0.505 e. The van der Waals surface area contributed by atoms with E-state index in [9.17, 15) is 0 Å². The molecule has 0 spiro atoms. The van der Waals surface area contributed by atoms with Crippen LogP contribution < -0.4 is 0 Å². The van der Waals surface area contributed by atoms with E-state index >= 15 is 0 Å². The molecule has 5 unspecified atom stereocenters. The second-order valence-electron chi connectivity index (χ2n) is 11.3. The van der Waals surface area contributed by atoms with Gasteiger partial charge in [-0.3, -0.25) is 4.90 Å². The van der Waals surface area contributed by atoms with Gasteiger partial charge >= 0.3 is 0 Å². The maximum atomic E-state index is 6.70. The summed E-state index contributed by atoms with van der Waals surface area (Å²) in [7, 11) is 1.71. The number of morpholine rings is 1. The lowest BCUT2D eigenvalue weighted by Crippen LogP contribution is -2.51. The molecule has 5 rings (SSSR count). The Morgan fingerprint density at radius 3 is 2.43 bits per heavy atom. The Balaban J connectivity index is 1.27. The summed E-state index contributed by atoms with van der Waals surface area (Å²) < 4.78 is 30.3. The van der Waals surface area contributed by atoms with Crippen molar-refractivity contribution in [1.82, 2.24) is 4.90 Å². The zero-order valence-electron chi connectivity index (χ0n) is 22.7. The third-order valence-electron chi connectivity index (χ3n) is 8.85. The highest BCUT2D eigenvalue weighted by molar-refractivity contribution is 5.25. The molecule has 1 aromatic rings. The van der Waals surface area contributed by atoms with E-state index in [-0.39, 0.29) is 24.5 Å². The van der Waals surface area contributed by atoms with Crippen LogP contribution in [-0.2, 0) is 30.3 Å². The van der Waals surface area contributed by atoms with Crippen molar-refractivity contribution < 1.29 is 23.7 Å². The van der Waals surface area contributed by atoms with Crippen molar-refractivity contribution in [3.63, 3.8) is 0 Å². The Morgan fingerprint density at radius 1 is 0.919 bits per heavy atom. The molecule has 0 amide bonds. The van der Waals surface area contributed by atoms with Gasteiger partial charge in [0.15, 0.2) is 6.29 Å². The summed E-state index contributed by atoms with van der Waals surface area (Å²) in [6.45, 7) is 4.88. The Morgan fingerprint density at radius 2 is 1.70 bits per heavy atom. The van der Waals surface area contributed by atoms with Gasteiger partial charge in [0.25, 0.3) is 0 Å². The van der Waals surface area contributed by atoms with Gasteiger partial charge in [-0.15, -0.1) is 0 Å². The van der Waals surface area contributed by atoms with Crippen LogP contribution in [0.15, 0.2) is 36.6 Å². The van der Waals surface area contributed by atoms with Crippen molar-refractivity contribution in [2.45, 2.75) is 101 Å². The van der Waals surface area contributed by atoms with Crippen LogP contribution in [0.4, 0.5) is 0 Å². The lowest BCUT2D eigenvalue weighted by atomic mass is 9.84. The van der Waals surface area contributed by atoms with E-state index in [1.54, 1.807) is 13.4 Å². The highest BCUT2D eigenvalue weighted by Gasteiger charge is 2.48. The highest BCUT2D eigenvalue weighted by Crippen LogP contribution is 2.39. The van der Waals surface area contributed by atoms with Crippen molar-refractivity contribution in [1.29, 1.82) is 0 Å². The summed E-state index contributed by atoms with van der Waals surface area (Å²) >= 11 is 0. The predicted octanol–water partition coefficient (Wildman–Crippen LogP) is 5.80. The zero-order chi connectivity index (χ0) is 25.3. The van der Waals surface area contributed by atoms with E-state index < -0.39 is 0 Å². The van der Waals surface area contributed by atoms with Crippen molar-refractivity contribution in [3.8, 4) is 0 Å². The fourth-order valence-corrected chi connectivity index (χ4v) is 6.89. The van der Waals surface area contributed by atoms with Gasteiger partial charge in [0.2, 0.25) is 0 Å². The predicted molar refractivity (Wildman–Crippen MR) is 144 cm³/mol. The molecule has 6 nitrogen and oxygen atoms in total. The van der Waals surface area contributed by atoms with Gasteiger partial charge in [0.1, 0.15) is 0 Å². The Bertz CT molecular complexity index is 811. The number of hydrogen-bond acceptors (Lipinski definition) is 6. The fourth-order valence-electron chi connectivity index (χ4n) is 6.89. The molecule has 0 aromatic heterocycles. The van der Waals surface area contributed by atoms with Crippen LogP contribution in [-0.4, -0.2) is 69.5 Å². The van der Waals surface area contributed by atoms with Gasteiger partial charge in [0.05, 0.1) is 45.4 Å². The van der Waals surface area contributed by atoms with Gasteiger partial charge < -0.3 is 23.7 Å². The monoisotopic (exact) mass is 513 g/mol. The first-order valence-corrected chi connectivity index (χ1v) is 14.8. The number of rotatable bonds is 10. The van der Waals surface area contributed by atoms with Crippen LogP contribution in [0.5, 0.6) is 0 Å². The largest absolute Gasteiger partial charge is 0.505 e. The molecule has 0 N–H and O–H groups in total. The molecule has 2 aliphatic heterocycles. The van der Waals surface area contributed by atoms with Crippen LogP contribution in [0, 0.1) is 5.92 Å². The highest BCUT2D eigenvalue weighted by atomic mass is 16.7. The van der Waals surface area contributed by atoms with Crippen molar-refractivity contribution in [2.75, 3.05) is 40.0 Å². The minimum atomic E-state index is -0.0939. The van der Waals surface area contributed by atoms with Crippen molar-refractivity contribution >= 4 is 0 Å². The maximum Gasteiger partial charge on any atom is 0.158 e. The van der Waals surface area contributed by atoms with Crippen LogP contribution in [0.1, 0.15) is 81.3 Å². The second kappa shape index (κ2) is 14.1. The molecule has 206 valence electrons. The van der Waals surface area contributed by atoms with E-state index in [1.165, 1.54) is 49.7 Å². The molecule has 2 saturated heterocycles. The third kappa shape index (κ3) is 7.36. The molecule has 6 heteroatoms. The van der Waals surface area contributed by atoms with Crippen molar-refractivity contribution in [3.05, 3.63) is 47.7 Å². The van der Waals surface area contributed by atoms with Crippen LogP contribution in [0.25, 0.3) is 0 Å². The maximum absolute atomic E-state index is 6.70. The molecule has 4 aliphatic rings. The number of methoxy groups -OCH3 is 1. The number of nitrogens with zero attached hydrogens (tertiary/aromatic N) is 1. The number of hydrogen-bond donors (Lipinski definition) is 0. The molecule has 2 saturated carbocycles. The topological polar surface area (TPSA) is 49.4 Å². The lowest BCUT2D eigenvalue weighted by Gasteiger charge is -2.39. The molecule has 5 atom stereocenters. The van der Waals surface area contributed by atoms with Crippen LogP contribution in [0.3, 0.4) is 0 Å². The fraction of sp³-hybridized carbons (Fsp3) is 0.742. The third-order valence-corrected chi connectivity index (χ3v) is 8.85. The molecular formula is C31H47NO5. The van der Waals surface area contributed by atoms with Gasteiger partial charge in [-0.2, -0.15) is 0 Å². The standard InChI is InChI=1S/C31H47NO5/c1-33-18-7-10-27-28(36-23-24-12-14-26(15-13-24)25-8-3-2-4-9-25)22-29(37-30-11-5-6-19-35-30)31(27)32-16-20-34-21-17-32/h7,12-15,18,25,27-31H,2-6,8-11,16-17,19-23H2,1H3. The molecule has 2 heterocycles. The summed E-state index contributed by atoms with van der Waals surface area (Å²) in [5, 5.41) is 0. The quantitative estimate of drug-likeness (QED) is 0.369. The smallest absolute Gasteiger partial charge is 0.158 e. The molecule has 4 fully saturated rings. The molecule has 0 bridgehead atoms. The number of benzene rings is 1. The summed E-state index contributed by atoms with van der Waals surface area (Å²) in [5.41, 5.74) is 2.76.